The number of nitrogens with zero attached hydrogens (tertiary/aromatic N) is 2. The van der Waals surface area contributed by atoms with Gasteiger partial charge in [-0.3, -0.25) is 4.79 Å². The van der Waals surface area contributed by atoms with Gasteiger partial charge in [-0.1, -0.05) is 0 Å². The molecule has 1 rings (SSSR count). The van der Waals surface area contributed by atoms with Crippen molar-refractivity contribution in [2.75, 3.05) is 7.05 Å². The molecule has 12 heavy (non-hydrogen) atoms. The summed E-state index contributed by atoms with van der Waals surface area (Å²) in [5.74, 6) is 0.668. The van der Waals surface area contributed by atoms with E-state index < -0.39 is 0 Å². The van der Waals surface area contributed by atoms with E-state index in [1.807, 2.05) is 0 Å². The normalized spacial score (nSPS) is 9.83. The fourth-order valence-corrected chi connectivity index (χ4v) is 0.908. The number of carbonyl (C=O) groups excluding carboxylic acids is 1. The fourth-order valence-electron chi connectivity index (χ4n) is 0.908. The van der Waals surface area contributed by atoms with E-state index in [0.29, 0.717) is 6.54 Å². The Morgan fingerprint density at radius 1 is 1.83 bits per heavy atom. The van der Waals surface area contributed by atoms with Gasteiger partial charge in [0.1, 0.15) is 12.4 Å². The second kappa shape index (κ2) is 3.87. The van der Waals surface area contributed by atoms with Crippen LogP contribution in [0.5, 0.6) is 0 Å². The molecule has 0 saturated carbocycles. The summed E-state index contributed by atoms with van der Waals surface area (Å²) >= 11 is 0. The highest BCUT2D eigenvalue weighted by Crippen LogP contribution is 1.95. The number of rotatable bonds is 3. The Morgan fingerprint density at radius 3 is 3.17 bits per heavy atom. The molecule has 0 saturated heterocycles. The largest absolute Gasteiger partial charge is 0.358 e. The maximum atomic E-state index is 10.9. The summed E-state index contributed by atoms with van der Waals surface area (Å²) in [5.41, 5.74) is 5.40. The molecular weight excluding hydrogens is 156 g/mol. The average Bonchev–Trinajstić information content (AvgIpc) is 2.51. The molecule has 0 aromatic carbocycles. The first-order valence-corrected chi connectivity index (χ1v) is 3.68. The van der Waals surface area contributed by atoms with Gasteiger partial charge in [-0.2, -0.15) is 0 Å². The first-order valence-electron chi connectivity index (χ1n) is 3.68. The standard InChI is InChI=1S/C7H12N4O/c1-9-7(12)5-11-3-2-10-6(11)4-8/h2-3H,4-5,8H2,1H3,(H,9,12). The number of hydrogen-bond donors (Lipinski definition) is 2. The van der Waals surface area contributed by atoms with Crippen molar-refractivity contribution in [2.45, 2.75) is 13.1 Å². The lowest BCUT2D eigenvalue weighted by Gasteiger charge is -2.03. The van der Waals surface area contributed by atoms with Crippen LogP contribution in [0.3, 0.4) is 0 Å². The summed E-state index contributed by atoms with van der Waals surface area (Å²) in [6.45, 7) is 0.632. The molecule has 5 nitrogen and oxygen atoms in total. The van der Waals surface area contributed by atoms with Crippen molar-refractivity contribution in [1.82, 2.24) is 14.9 Å². The van der Waals surface area contributed by atoms with Crippen LogP contribution in [0.1, 0.15) is 5.82 Å². The predicted octanol–water partition coefficient (Wildman–Crippen LogP) is -0.912. The van der Waals surface area contributed by atoms with Gasteiger partial charge in [0.25, 0.3) is 0 Å². The van der Waals surface area contributed by atoms with E-state index in [9.17, 15) is 4.79 Å². The highest BCUT2D eigenvalue weighted by atomic mass is 16.1. The summed E-state index contributed by atoms with van der Waals surface area (Å²) in [5, 5.41) is 2.53. The van der Waals surface area contributed by atoms with Crippen LogP contribution in [0.2, 0.25) is 0 Å². The summed E-state index contributed by atoms with van der Waals surface area (Å²) in [4.78, 5) is 14.9. The van der Waals surface area contributed by atoms with Crippen molar-refractivity contribution in [3.05, 3.63) is 18.2 Å². The molecule has 0 atom stereocenters. The number of hydrogen-bond acceptors (Lipinski definition) is 3. The van der Waals surface area contributed by atoms with E-state index in [4.69, 9.17) is 5.73 Å². The summed E-state index contributed by atoms with van der Waals surface area (Å²) in [6, 6.07) is 0. The molecule has 5 heteroatoms. The Kier molecular flexibility index (Phi) is 2.82. The molecule has 0 radical (unpaired) electrons. The molecule has 0 aliphatic carbocycles. The van der Waals surface area contributed by atoms with Crippen LogP contribution in [0.4, 0.5) is 0 Å². The van der Waals surface area contributed by atoms with Gasteiger partial charge in [-0.05, 0) is 0 Å². The van der Waals surface area contributed by atoms with E-state index >= 15 is 0 Å². The van der Waals surface area contributed by atoms with Crippen molar-refractivity contribution in [3.8, 4) is 0 Å². The van der Waals surface area contributed by atoms with Crippen LogP contribution in [-0.4, -0.2) is 22.5 Å². The van der Waals surface area contributed by atoms with E-state index in [1.54, 1.807) is 24.0 Å². The zero-order valence-electron chi connectivity index (χ0n) is 6.95. The molecule has 1 amide bonds. The van der Waals surface area contributed by atoms with Gasteiger partial charge in [-0.15, -0.1) is 0 Å². The minimum Gasteiger partial charge on any atom is -0.358 e. The van der Waals surface area contributed by atoms with Crippen LogP contribution in [0.15, 0.2) is 12.4 Å². The summed E-state index contributed by atoms with van der Waals surface area (Å²) in [7, 11) is 1.60. The van der Waals surface area contributed by atoms with Gasteiger partial charge < -0.3 is 15.6 Å². The molecule has 0 aliphatic rings. The van der Waals surface area contributed by atoms with Gasteiger partial charge in [0, 0.05) is 19.4 Å². The predicted molar refractivity (Wildman–Crippen MR) is 44.2 cm³/mol. The second-order valence-corrected chi connectivity index (χ2v) is 2.35. The Balaban J connectivity index is 2.68. The van der Waals surface area contributed by atoms with E-state index in [0.717, 1.165) is 5.82 Å². The lowest BCUT2D eigenvalue weighted by atomic mass is 10.5. The lowest BCUT2D eigenvalue weighted by molar-refractivity contribution is -0.121. The van der Waals surface area contributed by atoms with Gasteiger partial charge in [0.05, 0.1) is 6.54 Å². The van der Waals surface area contributed by atoms with Crippen LogP contribution in [-0.2, 0) is 17.9 Å². The van der Waals surface area contributed by atoms with E-state index in [-0.39, 0.29) is 12.5 Å². The molecule has 0 spiro atoms. The van der Waals surface area contributed by atoms with Crippen LogP contribution < -0.4 is 11.1 Å². The highest BCUT2D eigenvalue weighted by Gasteiger charge is 2.03. The lowest BCUT2D eigenvalue weighted by Crippen LogP contribution is -2.24. The molecule has 0 unspecified atom stereocenters. The summed E-state index contributed by atoms with van der Waals surface area (Å²) < 4.78 is 1.72. The number of likely N-dealkylation sites (N-methyl/N-ethyl adjacent to an activating group) is 1. The Morgan fingerprint density at radius 2 is 2.58 bits per heavy atom. The summed E-state index contributed by atoms with van der Waals surface area (Å²) in [6.07, 6.45) is 3.36. The SMILES string of the molecule is CNC(=O)Cn1ccnc1CN. The molecule has 1 heterocycles. The third-order valence-electron chi connectivity index (χ3n) is 1.58. The molecule has 0 bridgehead atoms. The smallest absolute Gasteiger partial charge is 0.239 e. The van der Waals surface area contributed by atoms with Crippen molar-refractivity contribution in [1.29, 1.82) is 0 Å². The van der Waals surface area contributed by atoms with Crippen molar-refractivity contribution in [2.24, 2.45) is 5.73 Å². The van der Waals surface area contributed by atoms with Crippen molar-refractivity contribution in [3.63, 3.8) is 0 Å². The molecule has 3 N–H and O–H groups in total. The second-order valence-electron chi connectivity index (χ2n) is 2.35. The van der Waals surface area contributed by atoms with Crippen molar-refractivity contribution < 1.29 is 4.79 Å². The number of carbonyl (C=O) groups is 1. The topological polar surface area (TPSA) is 72.9 Å². The fraction of sp³-hybridized carbons (Fsp3) is 0.429. The monoisotopic (exact) mass is 168 g/mol. The van der Waals surface area contributed by atoms with Crippen molar-refractivity contribution >= 4 is 5.91 Å². The number of amides is 1. The molecule has 66 valence electrons. The third-order valence-corrected chi connectivity index (χ3v) is 1.58. The number of aromatic nitrogens is 2. The Labute approximate surface area is 70.6 Å². The Hall–Kier alpha value is -1.36. The van der Waals surface area contributed by atoms with Crippen LogP contribution in [0, 0.1) is 0 Å². The van der Waals surface area contributed by atoms with Crippen LogP contribution in [0.25, 0.3) is 0 Å². The number of nitrogens with two attached hydrogens (primary N) is 1. The van der Waals surface area contributed by atoms with Gasteiger partial charge in [0.2, 0.25) is 5.91 Å². The first kappa shape index (κ1) is 8.73. The maximum Gasteiger partial charge on any atom is 0.239 e. The van der Waals surface area contributed by atoms with Gasteiger partial charge in [0.15, 0.2) is 0 Å². The maximum absolute atomic E-state index is 10.9. The zero-order chi connectivity index (χ0) is 8.97. The quantitative estimate of drug-likeness (QED) is 0.613. The molecule has 1 aromatic heterocycles. The average molecular weight is 168 g/mol. The number of imidazole rings is 1. The highest BCUT2D eigenvalue weighted by molar-refractivity contribution is 5.75. The molecule has 0 fully saturated rings. The molecule has 1 aromatic rings. The van der Waals surface area contributed by atoms with E-state index in [1.165, 1.54) is 0 Å². The minimum absolute atomic E-state index is 0.0531. The van der Waals surface area contributed by atoms with Crippen LogP contribution >= 0.6 is 0 Å². The Bertz CT molecular complexity index is 268. The molecular formula is C7H12N4O. The number of nitrogens with one attached hydrogen (secondary N) is 1. The van der Waals surface area contributed by atoms with Gasteiger partial charge >= 0.3 is 0 Å². The molecule has 0 aliphatic heterocycles. The first-order chi connectivity index (χ1) is 5.77. The van der Waals surface area contributed by atoms with Gasteiger partial charge in [-0.25, -0.2) is 4.98 Å². The zero-order valence-corrected chi connectivity index (χ0v) is 6.95. The van der Waals surface area contributed by atoms with E-state index in [2.05, 4.69) is 10.3 Å². The third kappa shape index (κ3) is 1.82. The minimum atomic E-state index is -0.0531.